The average molecular weight is 792 g/mol. The van der Waals surface area contributed by atoms with Crippen LogP contribution in [0.2, 0.25) is 0 Å². The third-order valence-corrected chi connectivity index (χ3v) is 9.65. The lowest BCUT2D eigenvalue weighted by atomic mass is 10.0. The highest BCUT2D eigenvalue weighted by Crippen LogP contribution is 2.15. The molecular formula is C47H85NO8. The summed E-state index contributed by atoms with van der Waals surface area (Å²) in [6.07, 6.45) is 40.4. The Hall–Kier alpha value is -2.49. The largest absolute Gasteiger partial charge is 0.545 e. The molecule has 0 aromatic rings. The molecule has 56 heavy (non-hydrogen) atoms. The summed E-state index contributed by atoms with van der Waals surface area (Å²) < 4.78 is 22.5. The highest BCUT2D eigenvalue weighted by Gasteiger charge is 2.21. The zero-order chi connectivity index (χ0) is 41.4. The van der Waals surface area contributed by atoms with E-state index in [9.17, 15) is 19.5 Å². The fourth-order valence-electron chi connectivity index (χ4n) is 6.14. The fourth-order valence-corrected chi connectivity index (χ4v) is 6.14. The quantitative estimate of drug-likeness (QED) is 0.0198. The topological polar surface area (TPSA) is 111 Å². The lowest BCUT2D eigenvalue weighted by molar-refractivity contribution is -0.870. The Bertz CT molecular complexity index is 1020. The van der Waals surface area contributed by atoms with Crippen LogP contribution in [0.4, 0.5) is 0 Å². The summed E-state index contributed by atoms with van der Waals surface area (Å²) in [4.78, 5) is 36.9. The van der Waals surface area contributed by atoms with Crippen LogP contribution in [0.15, 0.2) is 36.5 Å². The lowest BCUT2D eigenvalue weighted by Gasteiger charge is -2.26. The van der Waals surface area contributed by atoms with Gasteiger partial charge in [0.2, 0.25) is 0 Å². The van der Waals surface area contributed by atoms with Crippen molar-refractivity contribution < 1.29 is 42.9 Å². The molecule has 9 nitrogen and oxygen atoms in total. The molecule has 0 saturated heterocycles. The van der Waals surface area contributed by atoms with Crippen molar-refractivity contribution >= 4 is 17.9 Å². The van der Waals surface area contributed by atoms with Gasteiger partial charge in [0.25, 0.3) is 0 Å². The number of allylic oxidation sites excluding steroid dienone is 6. The SMILES string of the molecule is CC/C=C\C/C=C\C/C=C\CCCCCC(=O)OC(COC(=O)CCCCCCCCCCCCCCCCCCCC)COC(OCC[N+](C)(C)C)C(=O)[O-]. The molecule has 0 radical (unpaired) electrons. The number of quaternary nitrogens is 1. The first kappa shape index (κ1) is 53.5. The normalized spacial score (nSPS) is 13.2. The van der Waals surface area contributed by atoms with Gasteiger partial charge >= 0.3 is 11.9 Å². The molecule has 0 aromatic heterocycles. The van der Waals surface area contributed by atoms with E-state index in [0.717, 1.165) is 57.8 Å². The van der Waals surface area contributed by atoms with E-state index in [1.807, 2.05) is 21.1 Å². The summed E-state index contributed by atoms with van der Waals surface area (Å²) >= 11 is 0. The molecule has 0 saturated carbocycles. The second kappa shape index (κ2) is 39.3. The van der Waals surface area contributed by atoms with Gasteiger partial charge in [0.05, 0.1) is 40.3 Å². The van der Waals surface area contributed by atoms with Crippen molar-refractivity contribution in [3.63, 3.8) is 0 Å². The number of rotatable bonds is 41. The van der Waals surface area contributed by atoms with Gasteiger partial charge in [0.15, 0.2) is 12.4 Å². The predicted octanol–water partition coefficient (Wildman–Crippen LogP) is 10.5. The maximum absolute atomic E-state index is 12.7. The molecule has 0 amide bonds. The van der Waals surface area contributed by atoms with Crippen LogP contribution in [0.25, 0.3) is 0 Å². The maximum atomic E-state index is 12.7. The second-order valence-corrected chi connectivity index (χ2v) is 16.3. The molecule has 0 aliphatic heterocycles. The fraction of sp³-hybridized carbons (Fsp3) is 0.809. The molecule has 2 unspecified atom stereocenters. The standard InChI is InChI=1S/C47H85NO8/c1-6-8-10-12-14-16-18-20-21-22-23-24-26-27-29-31-33-35-37-44(49)54-41-43(42-55-47(46(51)52)53-40-39-48(3,4)5)56-45(50)38-36-34-32-30-28-25-19-17-15-13-11-9-7-2/h9,11,15,17,25,28,43,47H,6-8,10,12-14,16,18-24,26-27,29-42H2,1-5H3/b11-9-,17-15-,28-25-. The smallest absolute Gasteiger partial charge is 0.306 e. The van der Waals surface area contributed by atoms with Crippen molar-refractivity contribution in [3.05, 3.63) is 36.5 Å². The predicted molar refractivity (Wildman–Crippen MR) is 228 cm³/mol. The minimum Gasteiger partial charge on any atom is -0.545 e. The van der Waals surface area contributed by atoms with Crippen molar-refractivity contribution in [3.8, 4) is 0 Å². The summed E-state index contributed by atoms with van der Waals surface area (Å²) in [6.45, 7) is 4.60. The first-order chi connectivity index (χ1) is 27.1. The zero-order valence-electron chi connectivity index (χ0n) is 36.8. The van der Waals surface area contributed by atoms with Gasteiger partial charge in [-0.3, -0.25) is 9.59 Å². The van der Waals surface area contributed by atoms with Crippen molar-refractivity contribution in [2.45, 2.75) is 200 Å². The van der Waals surface area contributed by atoms with Crippen LogP contribution in [-0.2, 0) is 33.3 Å². The Morgan fingerprint density at radius 3 is 1.52 bits per heavy atom. The number of ether oxygens (including phenoxy) is 4. The Balaban J connectivity index is 4.41. The highest BCUT2D eigenvalue weighted by atomic mass is 16.7. The number of likely N-dealkylation sites (N-methyl/N-ethyl adjacent to an activating group) is 1. The van der Waals surface area contributed by atoms with Crippen molar-refractivity contribution in [1.29, 1.82) is 0 Å². The Labute approximate surface area is 343 Å². The van der Waals surface area contributed by atoms with Crippen LogP contribution in [0.1, 0.15) is 187 Å². The van der Waals surface area contributed by atoms with Crippen LogP contribution in [0.5, 0.6) is 0 Å². The van der Waals surface area contributed by atoms with E-state index in [2.05, 4.69) is 50.3 Å². The number of carboxylic acid groups (broad SMARTS) is 1. The molecule has 0 heterocycles. The Morgan fingerprint density at radius 1 is 0.554 bits per heavy atom. The number of nitrogens with zero attached hydrogens (tertiary/aromatic N) is 1. The zero-order valence-corrected chi connectivity index (χ0v) is 36.8. The third-order valence-electron chi connectivity index (χ3n) is 9.65. The summed E-state index contributed by atoms with van der Waals surface area (Å²) in [6, 6.07) is 0. The minimum atomic E-state index is -1.63. The van der Waals surface area contributed by atoms with Gasteiger partial charge in [0, 0.05) is 12.8 Å². The monoisotopic (exact) mass is 792 g/mol. The highest BCUT2D eigenvalue weighted by molar-refractivity contribution is 5.70. The van der Waals surface area contributed by atoms with E-state index in [0.29, 0.717) is 17.4 Å². The number of carboxylic acids is 1. The number of hydrogen-bond acceptors (Lipinski definition) is 8. The summed E-state index contributed by atoms with van der Waals surface area (Å²) in [5.74, 6) is -2.32. The van der Waals surface area contributed by atoms with Gasteiger partial charge in [-0.2, -0.15) is 0 Å². The van der Waals surface area contributed by atoms with Crippen molar-refractivity contribution in [1.82, 2.24) is 0 Å². The molecule has 2 atom stereocenters. The molecule has 0 aliphatic rings. The van der Waals surface area contributed by atoms with Crippen molar-refractivity contribution in [2.75, 3.05) is 47.5 Å². The van der Waals surface area contributed by atoms with Gasteiger partial charge in [-0.15, -0.1) is 0 Å². The molecule has 0 aliphatic carbocycles. The number of unbranched alkanes of at least 4 members (excludes halogenated alkanes) is 20. The van der Waals surface area contributed by atoms with E-state index in [4.69, 9.17) is 18.9 Å². The average Bonchev–Trinajstić information content (AvgIpc) is 3.15. The number of hydrogen-bond donors (Lipinski definition) is 0. The molecule has 0 rings (SSSR count). The molecule has 0 N–H and O–H groups in total. The van der Waals surface area contributed by atoms with Gasteiger partial charge in [-0.05, 0) is 44.9 Å². The molecule has 0 bridgehead atoms. The van der Waals surface area contributed by atoms with Gasteiger partial charge in [0.1, 0.15) is 13.2 Å². The Morgan fingerprint density at radius 2 is 1.02 bits per heavy atom. The lowest BCUT2D eigenvalue weighted by Crippen LogP contribution is -2.44. The van der Waals surface area contributed by atoms with E-state index in [1.165, 1.54) is 96.3 Å². The van der Waals surface area contributed by atoms with Crippen LogP contribution in [0.3, 0.4) is 0 Å². The molecular weight excluding hydrogens is 707 g/mol. The summed E-state index contributed by atoms with van der Waals surface area (Å²) in [5, 5.41) is 11.7. The van der Waals surface area contributed by atoms with Crippen LogP contribution in [-0.4, -0.2) is 82.3 Å². The van der Waals surface area contributed by atoms with Crippen molar-refractivity contribution in [2.24, 2.45) is 0 Å². The minimum absolute atomic E-state index is 0.142. The van der Waals surface area contributed by atoms with Gasteiger partial charge < -0.3 is 33.3 Å². The number of aliphatic carboxylic acids is 1. The van der Waals surface area contributed by atoms with Gasteiger partial charge in [-0.25, -0.2) is 0 Å². The second-order valence-electron chi connectivity index (χ2n) is 16.3. The van der Waals surface area contributed by atoms with E-state index in [1.54, 1.807) is 0 Å². The van der Waals surface area contributed by atoms with E-state index in [-0.39, 0.29) is 38.6 Å². The summed E-state index contributed by atoms with van der Waals surface area (Å²) in [5.41, 5.74) is 0. The van der Waals surface area contributed by atoms with Crippen LogP contribution < -0.4 is 5.11 Å². The maximum Gasteiger partial charge on any atom is 0.306 e. The molecule has 326 valence electrons. The Kier molecular flexibility index (Phi) is 37.6. The van der Waals surface area contributed by atoms with Crippen LogP contribution in [0, 0.1) is 0 Å². The molecule has 0 aromatic carbocycles. The molecule has 0 spiro atoms. The number of esters is 2. The summed E-state index contributed by atoms with van der Waals surface area (Å²) in [7, 11) is 5.90. The number of carbonyl (C=O) groups excluding carboxylic acids is 3. The third kappa shape index (κ3) is 39.7. The first-order valence-electron chi connectivity index (χ1n) is 22.6. The van der Waals surface area contributed by atoms with E-state index < -0.39 is 24.3 Å². The van der Waals surface area contributed by atoms with Gasteiger partial charge in [-0.1, -0.05) is 166 Å². The van der Waals surface area contributed by atoms with E-state index >= 15 is 0 Å². The number of carbonyl (C=O) groups is 3. The molecule has 0 fully saturated rings. The molecule has 9 heteroatoms. The first-order valence-corrected chi connectivity index (χ1v) is 22.6. The van der Waals surface area contributed by atoms with Crippen LogP contribution >= 0.6 is 0 Å².